The molecule has 0 N–H and O–H groups in total. The van der Waals surface area contributed by atoms with Crippen molar-refractivity contribution in [3.05, 3.63) is 99.2 Å². The fourth-order valence-electron chi connectivity index (χ4n) is 5.92. The number of hydrogen-bond acceptors (Lipinski definition) is 9. The first kappa shape index (κ1) is 34.7. The number of carbonyl (C=O) groups is 1. The number of esters is 1. The van der Waals surface area contributed by atoms with Gasteiger partial charge in [-0.3, -0.25) is 0 Å². The van der Waals surface area contributed by atoms with Gasteiger partial charge in [0.1, 0.15) is 25.3 Å². The Morgan fingerprint density at radius 2 is 1.65 bits per heavy atom. The van der Waals surface area contributed by atoms with Gasteiger partial charge in [-0.15, -0.1) is 5.10 Å². The molecule has 3 aliphatic rings. The van der Waals surface area contributed by atoms with Gasteiger partial charge in [-0.05, 0) is 97.8 Å². The molecule has 46 heavy (non-hydrogen) atoms. The SMILES string of the molecule is C=C1OCC(=C(C)C)/C1=C\C.CC.Cc1cc(-n2cnnn2)ncc1CCN1CCN(CCc2ccc3c(c2C)COC3=O)CC1. The van der Waals surface area contributed by atoms with Crippen LogP contribution in [-0.2, 0) is 28.9 Å². The molecule has 5 heterocycles. The molecule has 10 heteroatoms. The summed E-state index contributed by atoms with van der Waals surface area (Å²) >= 11 is 0. The van der Waals surface area contributed by atoms with Crippen LogP contribution in [-0.4, -0.2) is 86.8 Å². The second-order valence-electron chi connectivity index (χ2n) is 11.8. The van der Waals surface area contributed by atoms with E-state index in [-0.39, 0.29) is 5.97 Å². The summed E-state index contributed by atoms with van der Waals surface area (Å²) < 4.78 is 12.1. The van der Waals surface area contributed by atoms with Gasteiger partial charge in [-0.25, -0.2) is 9.78 Å². The van der Waals surface area contributed by atoms with Gasteiger partial charge in [0.25, 0.3) is 0 Å². The van der Waals surface area contributed by atoms with E-state index in [9.17, 15) is 4.79 Å². The number of nitrogens with zero attached hydrogens (tertiary/aromatic N) is 7. The number of rotatable bonds is 7. The Bertz CT molecular complexity index is 1560. The van der Waals surface area contributed by atoms with Gasteiger partial charge >= 0.3 is 5.97 Å². The standard InChI is InChI=1S/C24H29N7O2.C10H14O.C2H6/c1-17-13-23(31-16-26-27-28-31)25-14-20(17)6-8-30-11-9-29(10-12-30)7-5-19-3-4-21-22(18(19)2)15-33-24(21)32;1-5-9-8(4)11-6-10(9)7(2)3;1-2/h3-4,13-14,16H,5-12,15H2,1-2H3;5H,4,6H2,1-3H3;1-2H3/b;9-5-;. The summed E-state index contributed by atoms with van der Waals surface area (Å²) in [6.45, 7) is 25.8. The Labute approximate surface area is 273 Å². The van der Waals surface area contributed by atoms with Crippen LogP contribution in [0, 0.1) is 13.8 Å². The summed E-state index contributed by atoms with van der Waals surface area (Å²) in [5, 5.41) is 11.2. The minimum Gasteiger partial charge on any atom is -0.489 e. The lowest BCUT2D eigenvalue weighted by molar-refractivity contribution is 0.0535. The second-order valence-corrected chi connectivity index (χ2v) is 11.8. The molecule has 0 aliphatic carbocycles. The molecule has 6 rings (SSSR count). The van der Waals surface area contributed by atoms with E-state index in [2.05, 4.69) is 76.7 Å². The quantitative estimate of drug-likeness (QED) is 0.311. The molecule has 3 aromatic rings. The number of aryl methyl sites for hydroxylation is 1. The van der Waals surface area contributed by atoms with E-state index < -0.39 is 0 Å². The largest absolute Gasteiger partial charge is 0.489 e. The number of cyclic esters (lactones) is 1. The number of benzene rings is 1. The summed E-state index contributed by atoms with van der Waals surface area (Å²) in [5.74, 6) is 1.36. The lowest BCUT2D eigenvalue weighted by Crippen LogP contribution is -2.47. The van der Waals surface area contributed by atoms with Crippen molar-refractivity contribution in [1.82, 2.24) is 35.0 Å². The van der Waals surface area contributed by atoms with Crippen LogP contribution in [0.1, 0.15) is 72.8 Å². The van der Waals surface area contributed by atoms with Crippen molar-refractivity contribution in [1.29, 1.82) is 0 Å². The minimum absolute atomic E-state index is 0.190. The summed E-state index contributed by atoms with van der Waals surface area (Å²) in [5.41, 5.74) is 10.6. The molecular formula is C36H49N7O3. The molecule has 2 fully saturated rings. The van der Waals surface area contributed by atoms with E-state index in [1.54, 1.807) is 11.0 Å². The van der Waals surface area contributed by atoms with Crippen LogP contribution in [0.3, 0.4) is 0 Å². The van der Waals surface area contributed by atoms with Crippen LogP contribution in [0.15, 0.2) is 65.9 Å². The van der Waals surface area contributed by atoms with Crippen molar-refractivity contribution >= 4 is 5.97 Å². The maximum absolute atomic E-state index is 11.7. The third kappa shape index (κ3) is 8.35. The topological polar surface area (TPSA) is 98.5 Å². The first-order valence-electron chi connectivity index (χ1n) is 16.3. The maximum atomic E-state index is 11.7. The Morgan fingerprint density at radius 1 is 0.978 bits per heavy atom. The van der Waals surface area contributed by atoms with Crippen molar-refractivity contribution < 1.29 is 14.3 Å². The van der Waals surface area contributed by atoms with E-state index in [1.165, 1.54) is 39.0 Å². The van der Waals surface area contributed by atoms with E-state index in [0.717, 1.165) is 74.8 Å². The van der Waals surface area contributed by atoms with Crippen molar-refractivity contribution in [2.24, 2.45) is 0 Å². The van der Waals surface area contributed by atoms with Gasteiger partial charge in [0.2, 0.25) is 0 Å². The summed E-state index contributed by atoms with van der Waals surface area (Å²) in [4.78, 5) is 21.3. The van der Waals surface area contributed by atoms with Crippen molar-refractivity contribution in [3.63, 3.8) is 0 Å². The van der Waals surface area contributed by atoms with Crippen LogP contribution < -0.4 is 0 Å². The van der Waals surface area contributed by atoms with Crippen LogP contribution >= 0.6 is 0 Å². The van der Waals surface area contributed by atoms with E-state index in [1.807, 2.05) is 39.1 Å². The number of piperazine rings is 1. The third-order valence-corrected chi connectivity index (χ3v) is 8.83. The molecular weight excluding hydrogens is 578 g/mol. The molecule has 0 amide bonds. The third-order valence-electron chi connectivity index (χ3n) is 8.83. The molecule has 1 aromatic carbocycles. The van der Waals surface area contributed by atoms with Crippen molar-refractivity contribution in [2.75, 3.05) is 45.9 Å². The highest BCUT2D eigenvalue weighted by atomic mass is 16.5. The fraction of sp³-hybridized carbons (Fsp3) is 0.472. The van der Waals surface area contributed by atoms with Gasteiger partial charge in [0.05, 0.1) is 5.56 Å². The number of pyridine rings is 1. The number of carbonyl (C=O) groups excluding carboxylic acids is 1. The molecule has 0 spiro atoms. The number of aromatic nitrogens is 5. The average Bonchev–Trinajstić information content (AvgIpc) is 3.83. The molecule has 0 radical (unpaired) electrons. The summed E-state index contributed by atoms with van der Waals surface area (Å²) in [6, 6.07) is 6.06. The van der Waals surface area contributed by atoms with Crippen molar-refractivity contribution in [3.8, 4) is 5.82 Å². The Balaban J connectivity index is 0.000000312. The normalized spacial score (nSPS) is 17.1. The maximum Gasteiger partial charge on any atom is 0.338 e. The van der Waals surface area contributed by atoms with Gasteiger partial charge < -0.3 is 19.3 Å². The number of tetrazole rings is 1. The molecule has 3 aliphatic heterocycles. The van der Waals surface area contributed by atoms with E-state index in [4.69, 9.17) is 9.47 Å². The highest BCUT2D eigenvalue weighted by Crippen LogP contribution is 2.29. The molecule has 0 unspecified atom stereocenters. The Kier molecular flexibility index (Phi) is 12.4. The molecule has 0 saturated carbocycles. The highest BCUT2D eigenvalue weighted by Gasteiger charge is 2.24. The lowest BCUT2D eigenvalue weighted by Gasteiger charge is -2.35. The number of fused-ring (bicyclic) bond motifs is 1. The average molecular weight is 628 g/mol. The summed E-state index contributed by atoms with van der Waals surface area (Å²) in [6.07, 6.45) is 7.55. The zero-order chi connectivity index (χ0) is 33.2. The van der Waals surface area contributed by atoms with Crippen LogP contribution in [0.2, 0.25) is 0 Å². The zero-order valence-corrected chi connectivity index (χ0v) is 28.6. The lowest BCUT2D eigenvalue weighted by atomic mass is 9.96. The first-order chi connectivity index (χ1) is 22.2. The van der Waals surface area contributed by atoms with E-state index >= 15 is 0 Å². The van der Waals surface area contributed by atoms with Crippen LogP contribution in [0.4, 0.5) is 0 Å². The van der Waals surface area contributed by atoms with Gasteiger partial charge in [0.15, 0.2) is 5.82 Å². The van der Waals surface area contributed by atoms with Gasteiger partial charge in [-0.2, -0.15) is 4.68 Å². The molecule has 246 valence electrons. The molecule has 0 atom stereocenters. The van der Waals surface area contributed by atoms with Crippen LogP contribution in [0.5, 0.6) is 0 Å². The summed E-state index contributed by atoms with van der Waals surface area (Å²) in [7, 11) is 0. The van der Waals surface area contributed by atoms with Crippen LogP contribution in [0.25, 0.3) is 5.82 Å². The molecule has 0 bridgehead atoms. The highest BCUT2D eigenvalue weighted by molar-refractivity contribution is 5.93. The van der Waals surface area contributed by atoms with Gasteiger partial charge in [0, 0.05) is 56.6 Å². The monoisotopic (exact) mass is 627 g/mol. The second kappa shape index (κ2) is 16.4. The molecule has 2 aromatic heterocycles. The molecule has 10 nitrogen and oxygen atoms in total. The minimum atomic E-state index is -0.190. The molecule has 2 saturated heterocycles. The first-order valence-corrected chi connectivity index (χ1v) is 16.3. The number of hydrogen-bond donors (Lipinski definition) is 0. The van der Waals surface area contributed by atoms with Crippen molar-refractivity contribution in [2.45, 2.75) is 67.9 Å². The Hall–Kier alpha value is -4.15. The number of allylic oxidation sites excluding steroid dienone is 3. The zero-order valence-electron chi connectivity index (χ0n) is 28.6. The van der Waals surface area contributed by atoms with Gasteiger partial charge in [-0.1, -0.05) is 38.1 Å². The fourth-order valence-corrected chi connectivity index (χ4v) is 5.92. The predicted molar refractivity (Wildman–Crippen MR) is 181 cm³/mol. The number of ether oxygens (including phenoxy) is 2. The smallest absolute Gasteiger partial charge is 0.338 e. The van der Waals surface area contributed by atoms with E-state index in [0.29, 0.717) is 13.2 Å². The predicted octanol–water partition coefficient (Wildman–Crippen LogP) is 5.59. The Morgan fingerprint density at radius 3 is 2.22 bits per heavy atom.